The Hall–Kier alpha value is -2.84. The Kier molecular flexibility index (Phi) is 7.19. The number of hydrogen-bond donors (Lipinski definition) is 2. The molecule has 1 aromatic carbocycles. The molecule has 0 fully saturated rings. The third-order valence-electron chi connectivity index (χ3n) is 3.87. The van der Waals surface area contributed by atoms with Crippen LogP contribution in [0.3, 0.4) is 0 Å². The molecule has 152 valence electrons. The number of aliphatic imine (C=N–C) groups is 1. The number of benzene rings is 1. The van der Waals surface area contributed by atoms with Crippen molar-refractivity contribution in [2.75, 3.05) is 25.5 Å². The number of nitrogens with one attached hydrogen (secondary N) is 2. The molecule has 0 aliphatic carbocycles. The van der Waals surface area contributed by atoms with E-state index in [4.69, 9.17) is 0 Å². The highest BCUT2D eigenvalue weighted by Crippen LogP contribution is 2.32. The van der Waals surface area contributed by atoms with Gasteiger partial charge < -0.3 is 15.5 Å². The van der Waals surface area contributed by atoms with Crippen molar-refractivity contribution < 1.29 is 17.6 Å². The van der Waals surface area contributed by atoms with Gasteiger partial charge in [-0.3, -0.25) is 0 Å². The minimum Gasteiger partial charge on any atom is -0.362 e. The van der Waals surface area contributed by atoms with Gasteiger partial charge in [0.1, 0.15) is 11.6 Å². The van der Waals surface area contributed by atoms with Crippen molar-refractivity contribution >= 4 is 11.8 Å². The number of aromatic nitrogens is 1. The minimum absolute atomic E-state index is 0.0603. The van der Waals surface area contributed by atoms with Gasteiger partial charge >= 0.3 is 6.18 Å². The van der Waals surface area contributed by atoms with Gasteiger partial charge in [0.05, 0.1) is 12.1 Å². The van der Waals surface area contributed by atoms with Crippen LogP contribution in [0.2, 0.25) is 0 Å². The van der Waals surface area contributed by atoms with Crippen LogP contribution >= 0.6 is 0 Å². The monoisotopic (exact) mass is 397 g/mol. The number of alkyl halides is 3. The summed E-state index contributed by atoms with van der Waals surface area (Å²) in [6, 6.07) is 6.32. The predicted molar refractivity (Wildman–Crippen MR) is 102 cm³/mol. The van der Waals surface area contributed by atoms with Crippen molar-refractivity contribution in [1.29, 1.82) is 0 Å². The first-order valence-electron chi connectivity index (χ1n) is 8.71. The minimum atomic E-state index is -4.63. The van der Waals surface area contributed by atoms with Crippen molar-refractivity contribution in [3.63, 3.8) is 0 Å². The van der Waals surface area contributed by atoms with Gasteiger partial charge in [0, 0.05) is 38.9 Å². The summed E-state index contributed by atoms with van der Waals surface area (Å²) in [4.78, 5) is 10.6. The first kappa shape index (κ1) is 21.5. The molecule has 2 rings (SSSR count). The molecule has 0 atom stereocenters. The smallest absolute Gasteiger partial charge is 0.362 e. The van der Waals surface area contributed by atoms with Crippen molar-refractivity contribution in [2.45, 2.75) is 26.2 Å². The van der Waals surface area contributed by atoms with E-state index in [1.165, 1.54) is 0 Å². The third-order valence-corrected chi connectivity index (χ3v) is 3.87. The van der Waals surface area contributed by atoms with Crippen LogP contribution < -0.4 is 15.5 Å². The van der Waals surface area contributed by atoms with Gasteiger partial charge in [-0.1, -0.05) is 12.1 Å². The van der Waals surface area contributed by atoms with E-state index in [1.807, 2.05) is 32.0 Å². The predicted octanol–water partition coefficient (Wildman–Crippen LogP) is 3.56. The molecule has 0 unspecified atom stereocenters. The summed E-state index contributed by atoms with van der Waals surface area (Å²) < 4.78 is 52.7. The number of anilines is 1. The van der Waals surface area contributed by atoms with E-state index in [-0.39, 0.29) is 12.1 Å². The lowest BCUT2D eigenvalue weighted by Crippen LogP contribution is -2.37. The van der Waals surface area contributed by atoms with Crippen LogP contribution in [-0.4, -0.2) is 31.6 Å². The summed E-state index contributed by atoms with van der Waals surface area (Å²) in [5.41, 5.74) is -0.185. The van der Waals surface area contributed by atoms with Gasteiger partial charge in [0.15, 0.2) is 5.96 Å². The van der Waals surface area contributed by atoms with Gasteiger partial charge in [0.25, 0.3) is 0 Å². The summed E-state index contributed by atoms with van der Waals surface area (Å²) in [6.45, 7) is 2.54. The number of hydrogen-bond acceptors (Lipinski definition) is 3. The first-order chi connectivity index (χ1) is 13.2. The first-order valence-corrected chi connectivity index (χ1v) is 8.71. The average Bonchev–Trinajstić information content (AvgIpc) is 2.64. The Balaban J connectivity index is 2.17. The molecule has 0 aliphatic heterocycles. The molecule has 0 saturated carbocycles. The third kappa shape index (κ3) is 5.83. The zero-order valence-electron chi connectivity index (χ0n) is 15.9. The van der Waals surface area contributed by atoms with E-state index < -0.39 is 17.6 Å². The molecule has 5 nitrogen and oxygen atoms in total. The highest BCUT2D eigenvalue weighted by atomic mass is 19.4. The maximum absolute atomic E-state index is 13.2. The van der Waals surface area contributed by atoms with Crippen molar-refractivity contribution in [2.24, 2.45) is 4.99 Å². The Labute approximate surface area is 161 Å². The fraction of sp³-hybridized carbons (Fsp3) is 0.368. The molecule has 0 bridgehead atoms. The molecule has 2 aromatic rings. The highest BCUT2D eigenvalue weighted by Gasteiger charge is 2.33. The van der Waals surface area contributed by atoms with Crippen LogP contribution in [0.15, 0.2) is 41.5 Å². The lowest BCUT2D eigenvalue weighted by Gasteiger charge is -2.17. The summed E-state index contributed by atoms with van der Waals surface area (Å²) in [6.07, 6.45) is -2.95. The van der Waals surface area contributed by atoms with Gasteiger partial charge in [-0.25, -0.2) is 14.4 Å². The van der Waals surface area contributed by atoms with Crippen LogP contribution in [0.25, 0.3) is 0 Å². The molecular formula is C19H23F4N5. The number of pyridine rings is 1. The molecule has 0 saturated heterocycles. The molecule has 28 heavy (non-hydrogen) atoms. The van der Waals surface area contributed by atoms with Crippen LogP contribution in [-0.2, 0) is 19.3 Å². The second-order valence-corrected chi connectivity index (χ2v) is 6.23. The molecule has 0 amide bonds. The van der Waals surface area contributed by atoms with Crippen LogP contribution in [0.4, 0.5) is 23.4 Å². The van der Waals surface area contributed by atoms with Gasteiger partial charge in [-0.05, 0) is 30.7 Å². The lowest BCUT2D eigenvalue weighted by molar-refractivity contribution is -0.138. The molecule has 0 aliphatic rings. The van der Waals surface area contributed by atoms with E-state index in [1.54, 1.807) is 12.3 Å². The Morgan fingerprint density at radius 3 is 2.54 bits per heavy atom. The Morgan fingerprint density at radius 2 is 1.89 bits per heavy atom. The molecular weight excluding hydrogens is 374 g/mol. The van der Waals surface area contributed by atoms with Crippen molar-refractivity contribution in [3.8, 4) is 0 Å². The average molecular weight is 397 g/mol. The molecule has 0 spiro atoms. The van der Waals surface area contributed by atoms with Crippen LogP contribution in [0.1, 0.15) is 23.6 Å². The topological polar surface area (TPSA) is 52.6 Å². The number of rotatable bonds is 6. The van der Waals surface area contributed by atoms with E-state index in [0.29, 0.717) is 25.1 Å². The van der Waals surface area contributed by atoms with Crippen molar-refractivity contribution in [1.82, 2.24) is 15.6 Å². The fourth-order valence-electron chi connectivity index (χ4n) is 2.61. The molecule has 9 heteroatoms. The second kappa shape index (κ2) is 9.38. The van der Waals surface area contributed by atoms with E-state index in [9.17, 15) is 17.6 Å². The zero-order chi connectivity index (χ0) is 20.7. The molecule has 1 aromatic heterocycles. The SMILES string of the molecule is CCNC(=NCc1cccnc1N(C)C)NCc1ccc(F)cc1C(F)(F)F. The van der Waals surface area contributed by atoms with Gasteiger partial charge in [0.2, 0.25) is 0 Å². The Morgan fingerprint density at radius 1 is 1.14 bits per heavy atom. The van der Waals surface area contributed by atoms with E-state index in [0.717, 1.165) is 23.5 Å². The van der Waals surface area contributed by atoms with Gasteiger partial charge in [-0.2, -0.15) is 13.2 Å². The van der Waals surface area contributed by atoms with Crippen LogP contribution in [0, 0.1) is 5.82 Å². The molecule has 0 radical (unpaired) electrons. The quantitative estimate of drug-likeness (QED) is 0.445. The lowest BCUT2D eigenvalue weighted by atomic mass is 10.1. The summed E-state index contributed by atoms with van der Waals surface area (Å²) in [5, 5.41) is 5.86. The summed E-state index contributed by atoms with van der Waals surface area (Å²) in [7, 11) is 3.73. The fourth-order valence-corrected chi connectivity index (χ4v) is 2.61. The maximum atomic E-state index is 13.2. The standard InChI is InChI=1S/C19H23F4N5/c1-4-24-18(27-12-14-6-5-9-25-17(14)28(2)3)26-11-13-7-8-15(20)10-16(13)19(21,22)23/h5-10H,4,11-12H2,1-3H3,(H2,24,26,27). The largest absolute Gasteiger partial charge is 0.416 e. The maximum Gasteiger partial charge on any atom is 0.416 e. The number of guanidine groups is 1. The number of halogens is 4. The van der Waals surface area contributed by atoms with Crippen LogP contribution in [0.5, 0.6) is 0 Å². The second-order valence-electron chi connectivity index (χ2n) is 6.23. The Bertz CT molecular complexity index is 818. The molecule has 2 N–H and O–H groups in total. The summed E-state index contributed by atoms with van der Waals surface area (Å²) >= 11 is 0. The van der Waals surface area contributed by atoms with E-state index in [2.05, 4.69) is 20.6 Å². The van der Waals surface area contributed by atoms with Crippen molar-refractivity contribution in [3.05, 3.63) is 59.0 Å². The highest BCUT2D eigenvalue weighted by molar-refractivity contribution is 5.79. The van der Waals surface area contributed by atoms with E-state index >= 15 is 0 Å². The normalized spacial score (nSPS) is 12.0. The van der Waals surface area contributed by atoms with Gasteiger partial charge in [-0.15, -0.1) is 0 Å². The number of nitrogens with zero attached hydrogens (tertiary/aromatic N) is 3. The summed E-state index contributed by atoms with van der Waals surface area (Å²) in [5.74, 6) is 0.193. The molecule has 1 heterocycles. The zero-order valence-corrected chi connectivity index (χ0v) is 15.9.